The number of rotatable bonds is 4. The summed E-state index contributed by atoms with van der Waals surface area (Å²) in [6, 6.07) is 7.52. The van der Waals surface area contributed by atoms with Crippen molar-refractivity contribution in [3.05, 3.63) is 24.3 Å². The van der Waals surface area contributed by atoms with Crippen LogP contribution in [0.1, 0.15) is 19.8 Å². The average Bonchev–Trinajstić information content (AvgIpc) is 2.48. The minimum atomic E-state index is -3.36. The van der Waals surface area contributed by atoms with Crippen molar-refractivity contribution in [2.45, 2.75) is 30.7 Å². The van der Waals surface area contributed by atoms with Gasteiger partial charge < -0.3 is 10.6 Å². The zero-order valence-electron chi connectivity index (χ0n) is 12.0. The summed E-state index contributed by atoms with van der Waals surface area (Å²) in [4.78, 5) is 2.61. The summed E-state index contributed by atoms with van der Waals surface area (Å²) >= 11 is 0. The molecule has 0 aromatic heterocycles. The van der Waals surface area contributed by atoms with Crippen LogP contribution in [-0.2, 0) is 10.0 Å². The van der Waals surface area contributed by atoms with Gasteiger partial charge in [0, 0.05) is 18.3 Å². The number of hydrogen-bond donors (Lipinski definition) is 2. The molecule has 1 saturated heterocycles. The van der Waals surface area contributed by atoms with E-state index in [1.54, 1.807) is 12.1 Å². The van der Waals surface area contributed by atoms with Crippen molar-refractivity contribution >= 4 is 15.7 Å². The van der Waals surface area contributed by atoms with Crippen LogP contribution in [-0.4, -0.2) is 34.6 Å². The maximum Gasteiger partial charge on any atom is 0.240 e. The fourth-order valence-corrected chi connectivity index (χ4v) is 3.40. The zero-order chi connectivity index (χ0) is 14.8. The van der Waals surface area contributed by atoms with Gasteiger partial charge in [-0.3, -0.25) is 0 Å². The Balaban J connectivity index is 2.21. The first-order chi connectivity index (χ1) is 9.47. The SMILES string of the molecule is CNS(=O)(=O)c1ccc(N2CC(CN)CCC2C)cc1. The molecule has 1 fully saturated rings. The fourth-order valence-electron chi connectivity index (χ4n) is 2.67. The van der Waals surface area contributed by atoms with Crippen LogP contribution in [0.5, 0.6) is 0 Å². The second-order valence-corrected chi connectivity index (χ2v) is 7.27. The van der Waals surface area contributed by atoms with E-state index in [0.29, 0.717) is 23.4 Å². The lowest BCUT2D eigenvalue weighted by Crippen LogP contribution is -2.43. The molecule has 5 nitrogen and oxygen atoms in total. The third kappa shape index (κ3) is 3.13. The Hall–Kier alpha value is -1.11. The normalized spacial score (nSPS) is 23.9. The van der Waals surface area contributed by atoms with E-state index in [-0.39, 0.29) is 0 Å². The van der Waals surface area contributed by atoms with Gasteiger partial charge in [0.1, 0.15) is 0 Å². The molecule has 3 N–H and O–H groups in total. The van der Waals surface area contributed by atoms with Crippen LogP contribution < -0.4 is 15.4 Å². The van der Waals surface area contributed by atoms with Crippen molar-refractivity contribution in [1.29, 1.82) is 0 Å². The molecule has 1 aromatic carbocycles. The van der Waals surface area contributed by atoms with E-state index < -0.39 is 10.0 Å². The highest BCUT2D eigenvalue weighted by atomic mass is 32.2. The number of hydrogen-bond acceptors (Lipinski definition) is 4. The van der Waals surface area contributed by atoms with Crippen molar-refractivity contribution in [3.63, 3.8) is 0 Å². The Morgan fingerprint density at radius 3 is 2.50 bits per heavy atom. The van der Waals surface area contributed by atoms with Crippen LogP contribution in [0.25, 0.3) is 0 Å². The largest absolute Gasteiger partial charge is 0.369 e. The summed E-state index contributed by atoms with van der Waals surface area (Å²) in [6.45, 7) is 3.84. The van der Waals surface area contributed by atoms with E-state index in [4.69, 9.17) is 5.73 Å². The fraction of sp³-hybridized carbons (Fsp3) is 0.571. The van der Waals surface area contributed by atoms with Crippen LogP contribution in [0, 0.1) is 5.92 Å². The molecule has 1 aliphatic heterocycles. The van der Waals surface area contributed by atoms with Crippen molar-refractivity contribution < 1.29 is 8.42 Å². The number of nitrogens with zero attached hydrogens (tertiary/aromatic N) is 1. The predicted molar refractivity (Wildman–Crippen MR) is 81.3 cm³/mol. The van der Waals surface area contributed by atoms with Gasteiger partial charge in [0.15, 0.2) is 0 Å². The highest BCUT2D eigenvalue weighted by Crippen LogP contribution is 2.28. The van der Waals surface area contributed by atoms with Crippen LogP contribution in [0.15, 0.2) is 29.2 Å². The number of piperidine rings is 1. The van der Waals surface area contributed by atoms with Gasteiger partial charge >= 0.3 is 0 Å². The molecule has 0 amide bonds. The van der Waals surface area contributed by atoms with Crippen LogP contribution in [0.3, 0.4) is 0 Å². The molecule has 6 heteroatoms. The Labute approximate surface area is 121 Å². The average molecular weight is 297 g/mol. The van der Waals surface area contributed by atoms with Crippen LogP contribution >= 0.6 is 0 Å². The highest BCUT2D eigenvalue weighted by molar-refractivity contribution is 7.89. The van der Waals surface area contributed by atoms with Gasteiger partial charge in [-0.1, -0.05) is 0 Å². The molecule has 2 rings (SSSR count). The minimum absolute atomic E-state index is 0.295. The molecule has 0 saturated carbocycles. The summed E-state index contributed by atoms with van der Waals surface area (Å²) in [5.41, 5.74) is 6.83. The van der Waals surface area contributed by atoms with Gasteiger partial charge in [0.2, 0.25) is 10.0 Å². The molecule has 0 aliphatic carbocycles. The van der Waals surface area contributed by atoms with Gasteiger partial charge in [-0.15, -0.1) is 0 Å². The molecular weight excluding hydrogens is 274 g/mol. The lowest BCUT2D eigenvalue weighted by atomic mass is 9.93. The molecule has 1 aromatic rings. The molecule has 0 radical (unpaired) electrons. The molecule has 20 heavy (non-hydrogen) atoms. The summed E-state index contributed by atoms with van der Waals surface area (Å²) in [5.74, 6) is 0.520. The van der Waals surface area contributed by atoms with Gasteiger partial charge in [0.25, 0.3) is 0 Å². The maximum absolute atomic E-state index is 11.7. The Morgan fingerprint density at radius 1 is 1.30 bits per heavy atom. The topological polar surface area (TPSA) is 75.4 Å². The molecule has 2 unspecified atom stereocenters. The second kappa shape index (κ2) is 6.11. The van der Waals surface area contributed by atoms with E-state index in [0.717, 1.165) is 18.7 Å². The number of nitrogens with two attached hydrogens (primary N) is 1. The first-order valence-electron chi connectivity index (χ1n) is 6.98. The summed E-state index contributed by atoms with van der Waals surface area (Å²) in [5, 5.41) is 0. The van der Waals surface area contributed by atoms with Crippen molar-refractivity contribution in [2.24, 2.45) is 11.7 Å². The van der Waals surface area contributed by atoms with Crippen LogP contribution in [0.2, 0.25) is 0 Å². The summed E-state index contributed by atoms with van der Waals surface area (Å²) in [7, 11) is -1.94. The Bertz CT molecular complexity index is 542. The van der Waals surface area contributed by atoms with Crippen molar-refractivity contribution in [1.82, 2.24) is 4.72 Å². The van der Waals surface area contributed by atoms with Crippen molar-refractivity contribution in [2.75, 3.05) is 25.0 Å². The van der Waals surface area contributed by atoms with E-state index in [1.165, 1.54) is 13.5 Å². The molecule has 0 spiro atoms. The lowest BCUT2D eigenvalue weighted by molar-refractivity contribution is 0.374. The Kier molecular flexibility index (Phi) is 4.67. The van der Waals surface area contributed by atoms with E-state index in [2.05, 4.69) is 16.5 Å². The number of sulfonamides is 1. The van der Waals surface area contributed by atoms with Gasteiger partial charge in [0.05, 0.1) is 4.90 Å². The number of anilines is 1. The van der Waals surface area contributed by atoms with E-state index in [1.807, 2.05) is 12.1 Å². The molecule has 1 heterocycles. The molecule has 112 valence electrons. The smallest absolute Gasteiger partial charge is 0.240 e. The zero-order valence-corrected chi connectivity index (χ0v) is 12.9. The van der Waals surface area contributed by atoms with E-state index >= 15 is 0 Å². The number of nitrogens with one attached hydrogen (secondary N) is 1. The Morgan fingerprint density at radius 2 is 1.95 bits per heavy atom. The maximum atomic E-state index is 11.7. The summed E-state index contributed by atoms with van der Waals surface area (Å²) < 4.78 is 25.7. The van der Waals surface area contributed by atoms with Gasteiger partial charge in [-0.2, -0.15) is 0 Å². The highest BCUT2D eigenvalue weighted by Gasteiger charge is 2.25. The first-order valence-corrected chi connectivity index (χ1v) is 8.46. The third-order valence-electron chi connectivity index (χ3n) is 4.06. The second-order valence-electron chi connectivity index (χ2n) is 5.38. The molecule has 2 atom stereocenters. The summed E-state index contributed by atoms with van der Waals surface area (Å²) in [6.07, 6.45) is 2.29. The lowest BCUT2D eigenvalue weighted by Gasteiger charge is -2.39. The predicted octanol–water partition coefficient (Wildman–Crippen LogP) is 1.16. The first kappa shape index (κ1) is 15.3. The minimum Gasteiger partial charge on any atom is -0.369 e. The monoisotopic (exact) mass is 297 g/mol. The quantitative estimate of drug-likeness (QED) is 0.874. The van der Waals surface area contributed by atoms with Gasteiger partial charge in [-0.25, -0.2) is 13.1 Å². The molecule has 0 bridgehead atoms. The van der Waals surface area contributed by atoms with Crippen molar-refractivity contribution in [3.8, 4) is 0 Å². The number of benzene rings is 1. The van der Waals surface area contributed by atoms with Gasteiger partial charge in [-0.05, 0) is 63.5 Å². The molecular formula is C14H23N3O2S. The standard InChI is InChI=1S/C14H23N3O2S/c1-11-3-4-12(9-15)10-17(11)13-5-7-14(8-6-13)20(18,19)16-2/h5-8,11-12,16H,3-4,9-10,15H2,1-2H3. The molecule has 1 aliphatic rings. The van der Waals surface area contributed by atoms with Crippen LogP contribution in [0.4, 0.5) is 5.69 Å². The third-order valence-corrected chi connectivity index (χ3v) is 5.49. The van der Waals surface area contributed by atoms with E-state index in [9.17, 15) is 8.42 Å².